The second-order valence-electron chi connectivity index (χ2n) is 3.01. The Kier molecular flexibility index (Phi) is 2.92. The van der Waals surface area contributed by atoms with Crippen LogP contribution < -0.4 is 5.32 Å². The molecule has 16 heavy (non-hydrogen) atoms. The lowest BCUT2D eigenvalue weighted by Crippen LogP contribution is -2.30. The number of carbonyl (C=O) groups is 2. The van der Waals surface area contributed by atoms with Gasteiger partial charge in [-0.25, -0.2) is 4.79 Å². The van der Waals surface area contributed by atoms with E-state index in [-0.39, 0.29) is 0 Å². The van der Waals surface area contributed by atoms with Crippen molar-refractivity contribution >= 4 is 17.6 Å². The molecule has 0 bridgehead atoms. The average molecular weight is 236 g/mol. The number of nitrogens with one attached hydrogen (secondary N) is 1. The number of carboxylic acids is 1. The molecule has 0 fully saturated rings. The van der Waals surface area contributed by atoms with Crippen molar-refractivity contribution in [3.63, 3.8) is 0 Å². The summed E-state index contributed by atoms with van der Waals surface area (Å²) in [7, 11) is 1.43. The molecule has 8 heteroatoms. The van der Waals surface area contributed by atoms with E-state index in [4.69, 9.17) is 5.11 Å². The molecule has 5 nitrogen and oxygen atoms in total. The van der Waals surface area contributed by atoms with Gasteiger partial charge in [-0.05, 0) is 0 Å². The van der Waals surface area contributed by atoms with Crippen LogP contribution in [-0.4, -0.2) is 27.7 Å². The van der Waals surface area contributed by atoms with Gasteiger partial charge in [-0.1, -0.05) is 0 Å². The van der Waals surface area contributed by atoms with E-state index in [9.17, 15) is 22.8 Å². The fourth-order valence-corrected chi connectivity index (χ4v) is 1.05. The topological polar surface area (TPSA) is 71.3 Å². The number of anilines is 1. The minimum Gasteiger partial charge on any atom is -0.478 e. The van der Waals surface area contributed by atoms with E-state index in [1.807, 2.05) is 0 Å². The standard InChI is InChI=1S/C8H7F3N2O3/c1-13-2-4(6(14)15)5(3-13)12-7(16)8(9,10)11/h2-3H,1H3,(H,12,16)(H,14,15). The summed E-state index contributed by atoms with van der Waals surface area (Å²) in [6, 6.07) is 0. The molecule has 1 amide bonds. The van der Waals surface area contributed by atoms with Gasteiger partial charge in [-0.3, -0.25) is 4.79 Å². The number of aromatic carboxylic acids is 1. The first-order valence-corrected chi connectivity index (χ1v) is 3.99. The van der Waals surface area contributed by atoms with E-state index in [0.717, 1.165) is 12.4 Å². The fraction of sp³-hybridized carbons (Fsp3) is 0.250. The normalized spacial score (nSPS) is 11.2. The van der Waals surface area contributed by atoms with Crippen molar-refractivity contribution in [1.82, 2.24) is 4.57 Å². The molecular formula is C8H7F3N2O3. The summed E-state index contributed by atoms with van der Waals surface area (Å²) in [5.74, 6) is -3.63. The van der Waals surface area contributed by atoms with E-state index in [0.29, 0.717) is 0 Å². The van der Waals surface area contributed by atoms with Gasteiger partial charge in [-0.15, -0.1) is 0 Å². The largest absolute Gasteiger partial charge is 0.478 e. The molecule has 1 rings (SSSR count). The molecule has 0 unspecified atom stereocenters. The summed E-state index contributed by atoms with van der Waals surface area (Å²) < 4.78 is 37.0. The number of aryl methyl sites for hydroxylation is 1. The van der Waals surface area contributed by atoms with Crippen molar-refractivity contribution in [2.45, 2.75) is 6.18 Å². The fourth-order valence-electron chi connectivity index (χ4n) is 1.05. The van der Waals surface area contributed by atoms with Crippen molar-refractivity contribution < 1.29 is 27.9 Å². The number of hydrogen-bond donors (Lipinski definition) is 2. The Hall–Kier alpha value is -1.99. The van der Waals surface area contributed by atoms with Crippen LogP contribution in [-0.2, 0) is 11.8 Å². The minimum atomic E-state index is -5.05. The lowest BCUT2D eigenvalue weighted by Gasteiger charge is -2.06. The van der Waals surface area contributed by atoms with Crippen LogP contribution in [0.3, 0.4) is 0 Å². The molecule has 1 aromatic heterocycles. The smallest absolute Gasteiger partial charge is 0.471 e. The van der Waals surface area contributed by atoms with Gasteiger partial charge in [0.1, 0.15) is 5.56 Å². The molecule has 0 aromatic carbocycles. The van der Waals surface area contributed by atoms with Gasteiger partial charge < -0.3 is 15.0 Å². The second kappa shape index (κ2) is 3.87. The van der Waals surface area contributed by atoms with Gasteiger partial charge in [0.25, 0.3) is 0 Å². The molecule has 0 atom stereocenters. The van der Waals surface area contributed by atoms with Gasteiger partial charge >= 0.3 is 18.1 Å². The van der Waals surface area contributed by atoms with Gasteiger partial charge in [0.05, 0.1) is 5.69 Å². The summed E-state index contributed by atoms with van der Waals surface area (Å²) in [6.45, 7) is 0. The highest BCUT2D eigenvalue weighted by molar-refractivity contribution is 6.02. The summed E-state index contributed by atoms with van der Waals surface area (Å²) in [5, 5.41) is 10.1. The van der Waals surface area contributed by atoms with E-state index in [1.165, 1.54) is 16.9 Å². The van der Waals surface area contributed by atoms with E-state index >= 15 is 0 Å². The zero-order valence-corrected chi connectivity index (χ0v) is 8.00. The Labute approximate surface area is 87.5 Å². The molecule has 0 radical (unpaired) electrons. The molecule has 0 aliphatic carbocycles. The molecule has 0 saturated heterocycles. The zero-order chi connectivity index (χ0) is 12.5. The Morgan fingerprint density at radius 1 is 1.38 bits per heavy atom. The van der Waals surface area contributed by atoms with Crippen molar-refractivity contribution in [1.29, 1.82) is 0 Å². The molecule has 0 saturated carbocycles. The van der Waals surface area contributed by atoms with Crippen LogP contribution >= 0.6 is 0 Å². The van der Waals surface area contributed by atoms with Crippen LogP contribution in [0.1, 0.15) is 10.4 Å². The van der Waals surface area contributed by atoms with Crippen LogP contribution in [0.25, 0.3) is 0 Å². The molecule has 1 heterocycles. The molecule has 0 aliphatic rings. The number of nitrogens with zero attached hydrogens (tertiary/aromatic N) is 1. The van der Waals surface area contributed by atoms with Gasteiger partial charge in [0.15, 0.2) is 0 Å². The number of carboxylic acid groups (broad SMARTS) is 1. The maximum atomic E-state index is 11.9. The Bertz CT molecular complexity index is 436. The monoisotopic (exact) mass is 236 g/mol. The number of carbonyl (C=O) groups excluding carboxylic acids is 1. The zero-order valence-electron chi connectivity index (χ0n) is 8.00. The Morgan fingerprint density at radius 2 is 1.94 bits per heavy atom. The first-order chi connectivity index (χ1) is 7.21. The number of alkyl halides is 3. The maximum absolute atomic E-state index is 11.9. The molecule has 1 aromatic rings. The first kappa shape index (κ1) is 12.1. The van der Waals surface area contributed by atoms with Gasteiger partial charge in [0.2, 0.25) is 0 Å². The predicted octanol–water partition coefficient (Wildman–Crippen LogP) is 1.22. The third-order valence-corrected chi connectivity index (χ3v) is 1.69. The second-order valence-corrected chi connectivity index (χ2v) is 3.01. The molecule has 88 valence electrons. The van der Waals surface area contributed by atoms with Crippen molar-refractivity contribution in [3.8, 4) is 0 Å². The van der Waals surface area contributed by atoms with Crippen LogP contribution in [0.5, 0.6) is 0 Å². The lowest BCUT2D eigenvalue weighted by molar-refractivity contribution is -0.167. The maximum Gasteiger partial charge on any atom is 0.471 e. The molecular weight excluding hydrogens is 229 g/mol. The van der Waals surface area contributed by atoms with Crippen LogP contribution in [0.2, 0.25) is 0 Å². The molecule has 0 aliphatic heterocycles. The van der Waals surface area contributed by atoms with Crippen LogP contribution in [0.15, 0.2) is 12.4 Å². The van der Waals surface area contributed by atoms with E-state index in [1.54, 1.807) is 0 Å². The highest BCUT2D eigenvalue weighted by Gasteiger charge is 2.39. The SMILES string of the molecule is Cn1cc(NC(=O)C(F)(F)F)c(C(=O)O)c1. The summed E-state index contributed by atoms with van der Waals surface area (Å²) >= 11 is 0. The number of aromatic nitrogens is 1. The number of hydrogen-bond acceptors (Lipinski definition) is 2. The summed E-state index contributed by atoms with van der Waals surface area (Å²) in [5.41, 5.74) is -0.794. The Morgan fingerprint density at radius 3 is 2.38 bits per heavy atom. The lowest BCUT2D eigenvalue weighted by atomic mass is 10.3. The average Bonchev–Trinajstić information content (AvgIpc) is 2.45. The molecule has 2 N–H and O–H groups in total. The van der Waals surface area contributed by atoms with E-state index < -0.39 is 29.3 Å². The van der Waals surface area contributed by atoms with Crippen LogP contribution in [0.4, 0.5) is 18.9 Å². The predicted molar refractivity (Wildman–Crippen MR) is 47.1 cm³/mol. The summed E-state index contributed by atoms with van der Waals surface area (Å²) in [4.78, 5) is 21.2. The number of rotatable bonds is 2. The highest BCUT2D eigenvalue weighted by Crippen LogP contribution is 2.21. The molecule has 0 spiro atoms. The highest BCUT2D eigenvalue weighted by atomic mass is 19.4. The van der Waals surface area contributed by atoms with Crippen LogP contribution in [0, 0.1) is 0 Å². The first-order valence-electron chi connectivity index (χ1n) is 3.99. The quantitative estimate of drug-likeness (QED) is 0.811. The third-order valence-electron chi connectivity index (χ3n) is 1.69. The van der Waals surface area contributed by atoms with Gasteiger partial charge in [0, 0.05) is 19.4 Å². The van der Waals surface area contributed by atoms with Gasteiger partial charge in [-0.2, -0.15) is 13.2 Å². The number of amides is 1. The van der Waals surface area contributed by atoms with Crippen molar-refractivity contribution in [3.05, 3.63) is 18.0 Å². The third kappa shape index (κ3) is 2.53. The minimum absolute atomic E-state index is 0.391. The van der Waals surface area contributed by atoms with Crippen molar-refractivity contribution in [2.75, 3.05) is 5.32 Å². The summed E-state index contributed by atoms with van der Waals surface area (Å²) in [6.07, 6.45) is -2.88. The Balaban J connectivity index is 2.98. The number of halogens is 3. The van der Waals surface area contributed by atoms with Crippen molar-refractivity contribution in [2.24, 2.45) is 7.05 Å². The van der Waals surface area contributed by atoms with E-state index in [2.05, 4.69) is 0 Å².